The molecule has 0 bridgehead atoms. The van der Waals surface area contributed by atoms with Gasteiger partial charge in [0.2, 0.25) is 11.8 Å². The zero-order chi connectivity index (χ0) is 23.7. The van der Waals surface area contributed by atoms with Gasteiger partial charge in [-0.2, -0.15) is 5.01 Å². The van der Waals surface area contributed by atoms with Crippen molar-refractivity contribution in [1.82, 2.24) is 20.2 Å². The van der Waals surface area contributed by atoms with Crippen LogP contribution < -0.4 is 5.32 Å². The second-order valence-electron chi connectivity index (χ2n) is 9.61. The van der Waals surface area contributed by atoms with Gasteiger partial charge in [0.15, 0.2) is 0 Å². The smallest absolute Gasteiger partial charge is 0.273 e. The average Bonchev–Trinajstić information content (AvgIpc) is 3.18. The van der Waals surface area contributed by atoms with Crippen molar-refractivity contribution < 1.29 is 14.4 Å². The Morgan fingerprint density at radius 3 is 2.53 bits per heavy atom. The van der Waals surface area contributed by atoms with Crippen molar-refractivity contribution in [1.29, 1.82) is 0 Å². The molecule has 5 rings (SSSR count). The molecule has 0 aliphatic carbocycles. The van der Waals surface area contributed by atoms with Gasteiger partial charge in [-0.1, -0.05) is 42.5 Å². The molecule has 0 unspecified atom stereocenters. The van der Waals surface area contributed by atoms with Gasteiger partial charge in [-0.25, -0.2) is 5.01 Å². The molecule has 34 heavy (non-hydrogen) atoms. The van der Waals surface area contributed by atoms with Crippen LogP contribution >= 0.6 is 0 Å². The predicted octanol–water partition coefficient (Wildman–Crippen LogP) is 3.41. The van der Waals surface area contributed by atoms with Crippen molar-refractivity contribution in [3.8, 4) is 0 Å². The van der Waals surface area contributed by atoms with E-state index in [2.05, 4.69) is 47.5 Å². The lowest BCUT2D eigenvalue weighted by molar-refractivity contribution is -0.163. The Bertz CT molecular complexity index is 1070. The second-order valence-corrected chi connectivity index (χ2v) is 9.61. The summed E-state index contributed by atoms with van der Waals surface area (Å²) in [6.07, 6.45) is 3.49. The molecule has 1 N–H and O–H groups in total. The van der Waals surface area contributed by atoms with E-state index in [9.17, 15) is 14.4 Å². The fourth-order valence-electron chi connectivity index (χ4n) is 5.37. The first kappa shape index (κ1) is 22.7. The standard InChI is InChI=1S/C27H32N4O3/c1-19(21-7-3-2-4-8-21)29-14-6-9-23(18-29)28-16-20-12-13-24-22(15-20)17-30(27(24)34)31-25(32)10-5-11-26(31)33/h2-4,7-8,12-13,15,19,23,28H,5-6,9-11,14,16-18H2,1H3/t19-,23-/m1/s1. The van der Waals surface area contributed by atoms with E-state index < -0.39 is 0 Å². The predicted molar refractivity (Wildman–Crippen MR) is 128 cm³/mol. The topological polar surface area (TPSA) is 73.0 Å². The number of hydrazine groups is 1. The Balaban J connectivity index is 1.21. The Hall–Kier alpha value is -3.03. The van der Waals surface area contributed by atoms with Crippen LogP contribution in [0.1, 0.15) is 72.1 Å². The van der Waals surface area contributed by atoms with Crippen LogP contribution in [0.4, 0.5) is 0 Å². The summed E-state index contributed by atoms with van der Waals surface area (Å²) in [5.74, 6) is -0.840. The zero-order valence-corrected chi connectivity index (χ0v) is 19.7. The number of rotatable bonds is 6. The molecule has 3 heterocycles. The average molecular weight is 461 g/mol. The van der Waals surface area contributed by atoms with Gasteiger partial charge in [-0.3, -0.25) is 19.3 Å². The van der Waals surface area contributed by atoms with E-state index in [-0.39, 0.29) is 24.3 Å². The third-order valence-electron chi connectivity index (χ3n) is 7.33. The largest absolute Gasteiger partial charge is 0.309 e. The number of carbonyl (C=O) groups is 3. The van der Waals surface area contributed by atoms with Gasteiger partial charge in [0.1, 0.15) is 0 Å². The molecule has 2 aromatic carbocycles. The first-order chi connectivity index (χ1) is 16.5. The Morgan fingerprint density at radius 1 is 1.00 bits per heavy atom. The van der Waals surface area contributed by atoms with Crippen molar-refractivity contribution in [2.75, 3.05) is 13.1 Å². The number of benzene rings is 2. The van der Waals surface area contributed by atoms with E-state index in [4.69, 9.17) is 0 Å². The summed E-state index contributed by atoms with van der Waals surface area (Å²) in [7, 11) is 0. The van der Waals surface area contributed by atoms with Crippen LogP contribution in [-0.4, -0.2) is 51.8 Å². The number of fused-ring (bicyclic) bond motifs is 1. The molecular weight excluding hydrogens is 428 g/mol. The summed E-state index contributed by atoms with van der Waals surface area (Å²) in [4.78, 5) is 40.0. The molecular formula is C27H32N4O3. The SMILES string of the molecule is C[C@H](c1ccccc1)N1CCC[C@@H](NCc2ccc3c(c2)CN(N2C(=O)CCCC2=O)C3=O)C1. The van der Waals surface area contributed by atoms with Crippen molar-refractivity contribution in [3.63, 3.8) is 0 Å². The molecule has 178 valence electrons. The first-order valence-corrected chi connectivity index (χ1v) is 12.3. The van der Waals surface area contributed by atoms with Crippen molar-refractivity contribution in [2.24, 2.45) is 0 Å². The minimum atomic E-state index is -0.286. The van der Waals surface area contributed by atoms with Crippen molar-refractivity contribution in [3.05, 3.63) is 70.8 Å². The highest BCUT2D eigenvalue weighted by molar-refractivity contribution is 6.04. The number of carbonyl (C=O) groups excluding carboxylic acids is 3. The highest BCUT2D eigenvalue weighted by atomic mass is 16.2. The number of imide groups is 1. The van der Waals surface area contributed by atoms with E-state index in [0.717, 1.165) is 42.2 Å². The molecule has 0 saturated carbocycles. The van der Waals surface area contributed by atoms with E-state index in [1.807, 2.05) is 18.2 Å². The number of amides is 3. The van der Waals surface area contributed by atoms with Crippen LogP contribution in [-0.2, 0) is 22.7 Å². The van der Waals surface area contributed by atoms with Crippen LogP contribution in [0.2, 0.25) is 0 Å². The molecule has 0 radical (unpaired) electrons. The number of piperidine rings is 2. The van der Waals surface area contributed by atoms with Gasteiger partial charge in [0.05, 0.1) is 6.54 Å². The number of hydrogen-bond donors (Lipinski definition) is 1. The second kappa shape index (κ2) is 9.68. The highest BCUT2D eigenvalue weighted by Crippen LogP contribution is 2.28. The molecule has 3 aliphatic heterocycles. The highest BCUT2D eigenvalue weighted by Gasteiger charge is 2.39. The molecule has 7 nitrogen and oxygen atoms in total. The number of nitrogens with one attached hydrogen (secondary N) is 1. The van der Waals surface area contributed by atoms with Crippen LogP contribution in [0.5, 0.6) is 0 Å². The molecule has 0 aromatic heterocycles. The fourth-order valence-corrected chi connectivity index (χ4v) is 5.37. The van der Waals surface area contributed by atoms with Gasteiger partial charge >= 0.3 is 0 Å². The normalized spacial score (nSPS) is 22.3. The lowest BCUT2D eigenvalue weighted by Gasteiger charge is -2.37. The Kier molecular flexibility index (Phi) is 6.48. The van der Waals surface area contributed by atoms with Crippen LogP contribution in [0.3, 0.4) is 0 Å². The summed E-state index contributed by atoms with van der Waals surface area (Å²) in [6.45, 7) is 5.39. The van der Waals surface area contributed by atoms with Gasteiger partial charge in [-0.05, 0) is 55.5 Å². The number of hydrogen-bond acceptors (Lipinski definition) is 5. The van der Waals surface area contributed by atoms with Gasteiger partial charge < -0.3 is 5.32 Å². The molecule has 2 saturated heterocycles. The summed E-state index contributed by atoms with van der Waals surface area (Å²) >= 11 is 0. The van der Waals surface area contributed by atoms with Gasteiger partial charge in [0.25, 0.3) is 5.91 Å². The van der Waals surface area contributed by atoms with Crippen LogP contribution in [0.15, 0.2) is 48.5 Å². The minimum absolute atomic E-state index is 0.268. The molecule has 3 aliphatic rings. The number of likely N-dealkylation sites (tertiary alicyclic amines) is 1. The minimum Gasteiger partial charge on any atom is -0.309 e. The third-order valence-corrected chi connectivity index (χ3v) is 7.33. The van der Waals surface area contributed by atoms with Crippen LogP contribution in [0.25, 0.3) is 0 Å². The fraction of sp³-hybridized carbons (Fsp3) is 0.444. The Labute approximate surface area is 200 Å². The quantitative estimate of drug-likeness (QED) is 0.669. The Morgan fingerprint density at radius 2 is 1.76 bits per heavy atom. The van der Waals surface area contributed by atoms with Gasteiger partial charge in [0, 0.05) is 43.6 Å². The number of nitrogens with zero attached hydrogens (tertiary/aromatic N) is 3. The van der Waals surface area contributed by atoms with Gasteiger partial charge in [-0.15, -0.1) is 0 Å². The van der Waals surface area contributed by atoms with Crippen molar-refractivity contribution >= 4 is 17.7 Å². The summed E-state index contributed by atoms with van der Waals surface area (Å²) in [6, 6.07) is 17.3. The first-order valence-electron chi connectivity index (χ1n) is 12.3. The summed E-state index contributed by atoms with van der Waals surface area (Å²) in [5.41, 5.74) is 3.91. The van der Waals surface area contributed by atoms with E-state index in [1.165, 1.54) is 17.0 Å². The monoisotopic (exact) mass is 460 g/mol. The lowest BCUT2D eigenvalue weighted by atomic mass is 10.00. The molecule has 3 amide bonds. The van der Waals surface area contributed by atoms with E-state index in [0.29, 0.717) is 36.9 Å². The zero-order valence-electron chi connectivity index (χ0n) is 19.7. The maximum absolute atomic E-state index is 12.9. The van der Waals surface area contributed by atoms with E-state index in [1.54, 1.807) is 0 Å². The van der Waals surface area contributed by atoms with Crippen molar-refractivity contribution in [2.45, 2.75) is 64.2 Å². The maximum atomic E-state index is 12.9. The summed E-state index contributed by atoms with van der Waals surface area (Å²) in [5, 5.41) is 6.09. The molecule has 0 spiro atoms. The van der Waals surface area contributed by atoms with Crippen LogP contribution in [0, 0.1) is 0 Å². The maximum Gasteiger partial charge on any atom is 0.273 e. The molecule has 2 fully saturated rings. The molecule has 2 atom stereocenters. The molecule has 2 aromatic rings. The lowest BCUT2D eigenvalue weighted by Crippen LogP contribution is -2.51. The third kappa shape index (κ3) is 4.50. The van der Waals surface area contributed by atoms with E-state index >= 15 is 0 Å². The molecule has 7 heteroatoms. The summed E-state index contributed by atoms with van der Waals surface area (Å²) < 4.78 is 0.